The summed E-state index contributed by atoms with van der Waals surface area (Å²) in [6.07, 6.45) is 3.48. The molecular weight excluding hydrogens is 332 g/mol. The molecule has 122 valence electrons. The first-order valence-corrected chi connectivity index (χ1v) is 8.76. The Balaban J connectivity index is 1.69. The maximum Gasteiger partial charge on any atom is 0.163 e. The van der Waals surface area contributed by atoms with Crippen molar-refractivity contribution in [3.63, 3.8) is 0 Å². The van der Waals surface area contributed by atoms with Crippen LogP contribution >= 0.6 is 11.6 Å². The molecule has 1 aliphatic heterocycles. The largest absolute Gasteiger partial charge is 0.315 e. The molecule has 2 aromatic carbocycles. The number of carbonyl (C=O) groups excluding carboxylic acids is 1. The number of benzene rings is 2. The second-order valence-electron chi connectivity index (χ2n) is 6.46. The van der Waals surface area contributed by atoms with Gasteiger partial charge in [0.2, 0.25) is 0 Å². The summed E-state index contributed by atoms with van der Waals surface area (Å²) < 4.78 is 2.14. The molecule has 0 unspecified atom stereocenters. The number of hydrogen-bond acceptors (Lipinski definition) is 2. The first kappa shape index (κ1) is 14.7. The van der Waals surface area contributed by atoms with E-state index < -0.39 is 0 Å². The summed E-state index contributed by atoms with van der Waals surface area (Å²) in [5, 5.41) is 0.738. The van der Waals surface area contributed by atoms with Crippen LogP contribution in [0.1, 0.15) is 39.2 Å². The summed E-state index contributed by atoms with van der Waals surface area (Å²) in [6, 6.07) is 16.1. The van der Waals surface area contributed by atoms with Crippen molar-refractivity contribution in [2.24, 2.45) is 4.99 Å². The second-order valence-corrected chi connectivity index (χ2v) is 6.87. The van der Waals surface area contributed by atoms with Crippen molar-refractivity contribution in [3.05, 3.63) is 87.7 Å². The molecule has 2 aliphatic rings. The van der Waals surface area contributed by atoms with Crippen LogP contribution in [-0.2, 0) is 13.0 Å². The molecule has 0 saturated carbocycles. The maximum atomic E-state index is 11.9. The van der Waals surface area contributed by atoms with Gasteiger partial charge in [-0.3, -0.25) is 9.79 Å². The molecule has 0 bridgehead atoms. The van der Waals surface area contributed by atoms with E-state index in [1.807, 2.05) is 36.5 Å². The molecule has 0 fully saturated rings. The normalized spacial score (nSPS) is 15.2. The SMILES string of the molecule is O=C1CCc2cc(C3=NCc4c(Cl)cccc4-n4cccc43)ccc21. The molecule has 0 atom stereocenters. The van der Waals surface area contributed by atoms with E-state index in [0.29, 0.717) is 13.0 Å². The topological polar surface area (TPSA) is 34.4 Å². The van der Waals surface area contributed by atoms with Crippen molar-refractivity contribution in [2.45, 2.75) is 19.4 Å². The molecule has 4 heteroatoms. The van der Waals surface area contributed by atoms with Gasteiger partial charge in [0.25, 0.3) is 0 Å². The van der Waals surface area contributed by atoms with Crippen molar-refractivity contribution in [1.82, 2.24) is 4.57 Å². The molecule has 0 radical (unpaired) electrons. The van der Waals surface area contributed by atoms with Gasteiger partial charge in [-0.1, -0.05) is 29.8 Å². The van der Waals surface area contributed by atoms with Gasteiger partial charge in [-0.15, -0.1) is 0 Å². The minimum Gasteiger partial charge on any atom is -0.315 e. The Hall–Kier alpha value is -2.65. The molecule has 25 heavy (non-hydrogen) atoms. The van der Waals surface area contributed by atoms with Crippen LogP contribution in [0.2, 0.25) is 5.02 Å². The van der Waals surface area contributed by atoms with Crippen LogP contribution < -0.4 is 0 Å². The molecule has 2 heterocycles. The van der Waals surface area contributed by atoms with Crippen molar-refractivity contribution in [3.8, 4) is 5.69 Å². The van der Waals surface area contributed by atoms with Crippen LogP contribution in [0, 0.1) is 0 Å². The van der Waals surface area contributed by atoms with Gasteiger partial charge in [0.05, 0.1) is 23.6 Å². The smallest absolute Gasteiger partial charge is 0.163 e. The van der Waals surface area contributed by atoms with Gasteiger partial charge in [-0.25, -0.2) is 0 Å². The molecule has 5 rings (SSSR count). The number of ketones is 1. The average Bonchev–Trinajstić information content (AvgIpc) is 3.20. The quantitative estimate of drug-likeness (QED) is 0.633. The Morgan fingerprint density at radius 3 is 2.88 bits per heavy atom. The van der Waals surface area contributed by atoms with E-state index in [4.69, 9.17) is 16.6 Å². The fourth-order valence-corrected chi connectivity index (χ4v) is 4.02. The lowest BCUT2D eigenvalue weighted by molar-refractivity contribution is 0.0994. The summed E-state index contributed by atoms with van der Waals surface area (Å²) >= 11 is 6.41. The molecule has 1 aliphatic carbocycles. The van der Waals surface area contributed by atoms with Gasteiger partial charge in [0.15, 0.2) is 5.78 Å². The highest BCUT2D eigenvalue weighted by molar-refractivity contribution is 6.31. The summed E-state index contributed by atoms with van der Waals surface area (Å²) in [6.45, 7) is 0.544. The second kappa shape index (κ2) is 5.43. The number of aromatic nitrogens is 1. The number of aliphatic imine (C=N–C) groups is 1. The van der Waals surface area contributed by atoms with Gasteiger partial charge in [0.1, 0.15) is 0 Å². The number of halogens is 1. The van der Waals surface area contributed by atoms with E-state index in [9.17, 15) is 4.79 Å². The Bertz CT molecular complexity index is 1060. The maximum absolute atomic E-state index is 11.9. The number of Topliss-reactive ketones (excluding diaryl/α,β-unsaturated/α-hetero) is 1. The highest BCUT2D eigenvalue weighted by Gasteiger charge is 2.23. The zero-order chi connectivity index (χ0) is 17.0. The van der Waals surface area contributed by atoms with Gasteiger partial charge in [-0.05, 0) is 42.3 Å². The predicted octanol–water partition coefficient (Wildman–Crippen LogP) is 4.61. The van der Waals surface area contributed by atoms with E-state index in [2.05, 4.69) is 22.8 Å². The van der Waals surface area contributed by atoms with E-state index >= 15 is 0 Å². The van der Waals surface area contributed by atoms with Gasteiger partial charge >= 0.3 is 0 Å². The van der Waals surface area contributed by atoms with Crippen molar-refractivity contribution in [1.29, 1.82) is 0 Å². The molecule has 1 aromatic heterocycles. The zero-order valence-corrected chi connectivity index (χ0v) is 14.3. The first-order valence-electron chi connectivity index (χ1n) is 8.39. The predicted molar refractivity (Wildman–Crippen MR) is 99.2 cm³/mol. The third-order valence-corrected chi connectivity index (χ3v) is 5.39. The molecule has 3 nitrogen and oxygen atoms in total. The van der Waals surface area contributed by atoms with Crippen LogP contribution in [0.4, 0.5) is 0 Å². The summed E-state index contributed by atoms with van der Waals surface area (Å²) in [5.74, 6) is 0.243. The number of hydrogen-bond donors (Lipinski definition) is 0. The third kappa shape index (κ3) is 2.19. The summed E-state index contributed by atoms with van der Waals surface area (Å²) in [4.78, 5) is 16.8. The minimum atomic E-state index is 0.243. The van der Waals surface area contributed by atoms with Crippen LogP contribution in [-0.4, -0.2) is 16.1 Å². The Kier molecular flexibility index (Phi) is 3.19. The number of aryl methyl sites for hydroxylation is 1. The number of nitrogens with zero attached hydrogens (tertiary/aromatic N) is 2. The minimum absolute atomic E-state index is 0.243. The standard InChI is InChI=1S/C21H15ClN2O/c22-17-3-1-4-18-16(17)12-23-21(19-5-2-10-24(18)19)14-6-8-15-13(11-14)7-9-20(15)25/h1-6,8,10-11H,7,9,12H2. The average molecular weight is 347 g/mol. The molecule has 0 spiro atoms. The highest BCUT2D eigenvalue weighted by Crippen LogP contribution is 2.31. The molecule has 0 saturated heterocycles. The van der Waals surface area contributed by atoms with Crippen LogP contribution in [0.3, 0.4) is 0 Å². The van der Waals surface area contributed by atoms with Crippen LogP contribution in [0.15, 0.2) is 59.7 Å². The Morgan fingerprint density at radius 1 is 1.04 bits per heavy atom. The van der Waals surface area contributed by atoms with Gasteiger partial charge < -0.3 is 4.57 Å². The lowest BCUT2D eigenvalue weighted by Crippen LogP contribution is -2.09. The van der Waals surface area contributed by atoms with Gasteiger partial charge in [-0.2, -0.15) is 0 Å². The number of fused-ring (bicyclic) bond motifs is 4. The molecule has 0 N–H and O–H groups in total. The van der Waals surface area contributed by atoms with E-state index in [1.165, 1.54) is 0 Å². The van der Waals surface area contributed by atoms with E-state index in [1.54, 1.807) is 0 Å². The summed E-state index contributed by atoms with van der Waals surface area (Å²) in [5.41, 5.74) is 7.14. The zero-order valence-electron chi connectivity index (χ0n) is 13.5. The van der Waals surface area contributed by atoms with Crippen molar-refractivity contribution in [2.75, 3.05) is 0 Å². The summed E-state index contributed by atoms with van der Waals surface area (Å²) in [7, 11) is 0. The van der Waals surface area contributed by atoms with E-state index in [0.717, 1.165) is 50.8 Å². The fraction of sp³-hybridized carbons (Fsp3) is 0.143. The molecular formula is C21H15ClN2O. The number of rotatable bonds is 1. The first-order chi connectivity index (χ1) is 12.2. The highest BCUT2D eigenvalue weighted by atomic mass is 35.5. The monoisotopic (exact) mass is 346 g/mol. The molecule has 3 aromatic rings. The molecule has 0 amide bonds. The lowest BCUT2D eigenvalue weighted by Gasteiger charge is -2.12. The van der Waals surface area contributed by atoms with E-state index in [-0.39, 0.29) is 5.78 Å². The third-order valence-electron chi connectivity index (χ3n) is 5.04. The van der Waals surface area contributed by atoms with Crippen molar-refractivity contribution >= 4 is 23.1 Å². The fourth-order valence-electron chi connectivity index (χ4n) is 3.79. The Labute approximate surface area is 150 Å². The van der Waals surface area contributed by atoms with Crippen molar-refractivity contribution < 1.29 is 4.79 Å². The van der Waals surface area contributed by atoms with Crippen LogP contribution in [0.5, 0.6) is 0 Å². The number of carbonyl (C=O) groups is 1. The lowest BCUT2D eigenvalue weighted by atomic mass is 10.0. The van der Waals surface area contributed by atoms with Crippen LogP contribution in [0.25, 0.3) is 5.69 Å². The Morgan fingerprint density at radius 2 is 1.96 bits per heavy atom. The van der Waals surface area contributed by atoms with Gasteiger partial charge in [0, 0.05) is 34.3 Å².